The lowest BCUT2D eigenvalue weighted by molar-refractivity contribution is -0.140. The van der Waals surface area contributed by atoms with Gasteiger partial charge in [0.05, 0.1) is 17.7 Å². The van der Waals surface area contributed by atoms with E-state index < -0.39 is 29.7 Å². The number of aliphatic hydroxyl groups excluding tert-OH is 1. The van der Waals surface area contributed by atoms with Crippen molar-refractivity contribution < 1.29 is 22.7 Å². The summed E-state index contributed by atoms with van der Waals surface area (Å²) in [5, 5.41) is 10.1. The number of rotatable bonds is 3. The Labute approximate surface area is 126 Å². The van der Waals surface area contributed by atoms with E-state index in [1.54, 1.807) is 0 Å². The van der Waals surface area contributed by atoms with Gasteiger partial charge in [0.15, 0.2) is 0 Å². The highest BCUT2D eigenvalue weighted by atomic mass is 35.5. The Bertz CT molecular complexity index is 475. The van der Waals surface area contributed by atoms with E-state index in [9.17, 15) is 22.7 Å². The van der Waals surface area contributed by atoms with Gasteiger partial charge in [-0.25, -0.2) is 4.39 Å². The van der Waals surface area contributed by atoms with Crippen molar-refractivity contribution in [1.29, 1.82) is 0 Å². The first-order chi connectivity index (χ1) is 9.30. The molecule has 1 aromatic carbocycles. The van der Waals surface area contributed by atoms with Crippen LogP contribution in [0.25, 0.3) is 0 Å². The summed E-state index contributed by atoms with van der Waals surface area (Å²) in [4.78, 5) is 0. The van der Waals surface area contributed by atoms with Crippen LogP contribution in [-0.2, 0) is 6.18 Å². The maximum absolute atomic E-state index is 13.5. The molecule has 2 atom stereocenters. The number of aliphatic hydroxyl groups is 1. The molecular formula is C14H18ClF4NO. The third-order valence-corrected chi connectivity index (χ3v) is 3.93. The van der Waals surface area contributed by atoms with Gasteiger partial charge < -0.3 is 10.8 Å². The van der Waals surface area contributed by atoms with E-state index in [2.05, 4.69) is 0 Å². The fraction of sp³-hybridized carbons (Fsp3) is 0.571. The fourth-order valence-corrected chi connectivity index (χ4v) is 2.76. The SMILES string of the molecule is Cl.N[C@@H](c1ccc(C(F)(F)F)c(F)c1)[C@H](O)C1CCCC1. The van der Waals surface area contributed by atoms with Crippen LogP contribution in [0.1, 0.15) is 42.9 Å². The molecule has 1 aromatic rings. The zero-order valence-electron chi connectivity index (χ0n) is 11.2. The molecule has 0 unspecified atom stereocenters. The van der Waals surface area contributed by atoms with Crippen molar-refractivity contribution >= 4 is 12.4 Å². The van der Waals surface area contributed by atoms with Crippen molar-refractivity contribution in [2.75, 3.05) is 0 Å². The predicted molar refractivity (Wildman–Crippen MR) is 73.5 cm³/mol. The van der Waals surface area contributed by atoms with Crippen molar-refractivity contribution in [1.82, 2.24) is 0 Å². The highest BCUT2D eigenvalue weighted by molar-refractivity contribution is 5.85. The summed E-state index contributed by atoms with van der Waals surface area (Å²) in [6.45, 7) is 0. The Kier molecular flexibility index (Phi) is 6.01. The van der Waals surface area contributed by atoms with Crippen molar-refractivity contribution in [3.8, 4) is 0 Å². The number of hydrogen-bond donors (Lipinski definition) is 2. The van der Waals surface area contributed by atoms with Crippen molar-refractivity contribution in [3.63, 3.8) is 0 Å². The van der Waals surface area contributed by atoms with Gasteiger partial charge in [-0.3, -0.25) is 0 Å². The summed E-state index contributed by atoms with van der Waals surface area (Å²) in [5.74, 6) is -1.32. The summed E-state index contributed by atoms with van der Waals surface area (Å²) in [5.41, 5.74) is 4.72. The summed E-state index contributed by atoms with van der Waals surface area (Å²) >= 11 is 0. The number of benzene rings is 1. The lowest BCUT2D eigenvalue weighted by Gasteiger charge is -2.25. The topological polar surface area (TPSA) is 46.2 Å². The molecule has 120 valence electrons. The molecule has 1 fully saturated rings. The monoisotopic (exact) mass is 327 g/mol. The first-order valence-electron chi connectivity index (χ1n) is 6.61. The molecule has 7 heteroatoms. The Morgan fingerprint density at radius 2 is 1.76 bits per heavy atom. The van der Waals surface area contributed by atoms with Gasteiger partial charge in [-0.1, -0.05) is 18.9 Å². The molecule has 0 bridgehead atoms. The van der Waals surface area contributed by atoms with Gasteiger partial charge in [-0.15, -0.1) is 12.4 Å². The van der Waals surface area contributed by atoms with Crippen LogP contribution in [-0.4, -0.2) is 11.2 Å². The second-order valence-corrected chi connectivity index (χ2v) is 5.30. The molecule has 0 saturated heterocycles. The Morgan fingerprint density at radius 3 is 2.24 bits per heavy atom. The van der Waals surface area contributed by atoms with E-state index in [0.29, 0.717) is 6.07 Å². The lowest BCUT2D eigenvalue weighted by Crippen LogP contribution is -2.32. The van der Waals surface area contributed by atoms with E-state index >= 15 is 0 Å². The van der Waals surface area contributed by atoms with Crippen LogP contribution >= 0.6 is 12.4 Å². The molecule has 21 heavy (non-hydrogen) atoms. The number of alkyl halides is 3. The van der Waals surface area contributed by atoms with Crippen molar-refractivity contribution in [2.45, 2.75) is 44.0 Å². The van der Waals surface area contributed by atoms with Crippen LogP contribution in [0.3, 0.4) is 0 Å². The third-order valence-electron chi connectivity index (χ3n) is 3.93. The minimum Gasteiger partial charge on any atom is -0.391 e. The molecule has 0 aromatic heterocycles. The second-order valence-electron chi connectivity index (χ2n) is 5.30. The van der Waals surface area contributed by atoms with Gasteiger partial charge in [0.2, 0.25) is 0 Å². The van der Waals surface area contributed by atoms with Crippen LogP contribution in [0.15, 0.2) is 18.2 Å². The minimum atomic E-state index is -4.73. The molecule has 0 aliphatic heterocycles. The van der Waals surface area contributed by atoms with E-state index in [4.69, 9.17) is 5.73 Å². The van der Waals surface area contributed by atoms with E-state index in [-0.39, 0.29) is 23.9 Å². The first-order valence-corrected chi connectivity index (χ1v) is 6.61. The quantitative estimate of drug-likeness (QED) is 0.829. The van der Waals surface area contributed by atoms with Crippen LogP contribution in [0.4, 0.5) is 17.6 Å². The van der Waals surface area contributed by atoms with Gasteiger partial charge in [0.25, 0.3) is 0 Å². The predicted octanol–water partition coefficient (Wildman–Crippen LogP) is 3.82. The highest BCUT2D eigenvalue weighted by Crippen LogP contribution is 2.35. The number of hydrogen-bond acceptors (Lipinski definition) is 2. The van der Waals surface area contributed by atoms with Crippen LogP contribution in [0.5, 0.6) is 0 Å². The molecule has 0 amide bonds. The maximum atomic E-state index is 13.5. The first kappa shape index (κ1) is 18.2. The van der Waals surface area contributed by atoms with Crippen LogP contribution < -0.4 is 5.73 Å². The zero-order chi connectivity index (χ0) is 14.9. The molecule has 2 rings (SSSR count). The van der Waals surface area contributed by atoms with Crippen LogP contribution in [0, 0.1) is 11.7 Å². The van der Waals surface area contributed by atoms with Crippen molar-refractivity contribution in [3.05, 3.63) is 35.1 Å². The van der Waals surface area contributed by atoms with Gasteiger partial charge in [-0.05, 0) is 36.5 Å². The fourth-order valence-electron chi connectivity index (χ4n) is 2.76. The average Bonchev–Trinajstić information content (AvgIpc) is 2.89. The molecular weight excluding hydrogens is 310 g/mol. The molecule has 0 radical (unpaired) electrons. The van der Waals surface area contributed by atoms with Gasteiger partial charge in [0, 0.05) is 0 Å². The molecule has 1 saturated carbocycles. The molecule has 0 spiro atoms. The van der Waals surface area contributed by atoms with E-state index in [1.807, 2.05) is 0 Å². The molecule has 1 aliphatic rings. The smallest absolute Gasteiger partial charge is 0.391 e. The third kappa shape index (κ3) is 4.08. The Hall–Kier alpha value is -0.850. The van der Waals surface area contributed by atoms with Crippen LogP contribution in [0.2, 0.25) is 0 Å². The van der Waals surface area contributed by atoms with Gasteiger partial charge in [0.1, 0.15) is 5.82 Å². The average molecular weight is 328 g/mol. The minimum absolute atomic E-state index is 0. The van der Waals surface area contributed by atoms with E-state index in [1.165, 1.54) is 0 Å². The summed E-state index contributed by atoms with van der Waals surface area (Å²) in [6, 6.07) is 1.71. The van der Waals surface area contributed by atoms with E-state index in [0.717, 1.165) is 37.8 Å². The number of halogens is 5. The number of nitrogens with two attached hydrogens (primary N) is 1. The standard InChI is InChI=1S/C14H17F4NO.ClH/c15-11-7-9(5-6-10(11)14(16,17)18)12(19)13(20)8-3-1-2-4-8;/h5-8,12-13,20H,1-4,19H2;1H/t12-,13+;/m0./s1. The summed E-state index contributed by atoms with van der Waals surface area (Å²) < 4.78 is 50.9. The zero-order valence-corrected chi connectivity index (χ0v) is 12.1. The Morgan fingerprint density at radius 1 is 1.19 bits per heavy atom. The Balaban J connectivity index is 0.00000220. The van der Waals surface area contributed by atoms with Gasteiger partial charge >= 0.3 is 6.18 Å². The normalized spacial score (nSPS) is 19.1. The summed E-state index contributed by atoms with van der Waals surface area (Å²) in [6.07, 6.45) is -1.87. The highest BCUT2D eigenvalue weighted by Gasteiger charge is 2.35. The lowest BCUT2D eigenvalue weighted by atomic mass is 9.90. The molecule has 0 heterocycles. The van der Waals surface area contributed by atoms with Gasteiger partial charge in [-0.2, -0.15) is 13.2 Å². The van der Waals surface area contributed by atoms with Crippen molar-refractivity contribution in [2.24, 2.45) is 11.7 Å². The molecule has 1 aliphatic carbocycles. The largest absolute Gasteiger partial charge is 0.419 e. The second kappa shape index (κ2) is 6.94. The molecule has 3 N–H and O–H groups in total. The maximum Gasteiger partial charge on any atom is 0.419 e. The molecule has 2 nitrogen and oxygen atoms in total. The summed E-state index contributed by atoms with van der Waals surface area (Å²) in [7, 11) is 0.